The topological polar surface area (TPSA) is 95.5 Å². The molecule has 0 radical (unpaired) electrons. The molecule has 1 saturated carbocycles. The van der Waals surface area contributed by atoms with Gasteiger partial charge in [0.1, 0.15) is 5.00 Å². The fraction of sp³-hybridized carbons (Fsp3) is 0.625. The molecule has 1 aromatic heterocycles. The van der Waals surface area contributed by atoms with Crippen molar-refractivity contribution in [2.45, 2.75) is 84.1 Å². The number of rotatable bonds is 5. The van der Waals surface area contributed by atoms with Gasteiger partial charge in [0.2, 0.25) is 5.91 Å². The molecule has 2 amide bonds. The van der Waals surface area contributed by atoms with Crippen LogP contribution in [-0.2, 0) is 22.4 Å². The van der Waals surface area contributed by atoms with Gasteiger partial charge >= 0.3 is 5.97 Å². The lowest BCUT2D eigenvalue weighted by molar-refractivity contribution is -0.146. The first-order valence-electron chi connectivity index (χ1n) is 11.5. The lowest BCUT2D eigenvalue weighted by Crippen LogP contribution is -2.38. The lowest BCUT2D eigenvalue weighted by Gasteiger charge is -2.29. The van der Waals surface area contributed by atoms with Crippen LogP contribution in [0.1, 0.15) is 86.0 Å². The van der Waals surface area contributed by atoms with Crippen molar-refractivity contribution in [1.82, 2.24) is 5.32 Å². The van der Waals surface area contributed by atoms with Crippen LogP contribution >= 0.6 is 11.3 Å². The summed E-state index contributed by atoms with van der Waals surface area (Å²) in [6.45, 7) is 3.91. The molecule has 168 valence electrons. The minimum Gasteiger partial charge on any atom is -0.481 e. The number of fused-ring (bicyclic) bond motifs is 1. The van der Waals surface area contributed by atoms with Crippen LogP contribution in [0.5, 0.6) is 0 Å². The van der Waals surface area contributed by atoms with Gasteiger partial charge in [-0.3, -0.25) is 14.4 Å². The van der Waals surface area contributed by atoms with Gasteiger partial charge < -0.3 is 15.7 Å². The van der Waals surface area contributed by atoms with Gasteiger partial charge in [-0.15, -0.1) is 11.3 Å². The quantitative estimate of drug-likeness (QED) is 0.574. The summed E-state index contributed by atoms with van der Waals surface area (Å²) in [7, 11) is 0. The average Bonchev–Trinajstić information content (AvgIpc) is 3.30. The van der Waals surface area contributed by atoms with E-state index < -0.39 is 17.8 Å². The number of thiophene rings is 1. The number of hydrogen-bond acceptors (Lipinski definition) is 4. The van der Waals surface area contributed by atoms with Crippen LogP contribution in [-0.4, -0.2) is 28.9 Å². The highest BCUT2D eigenvalue weighted by Gasteiger charge is 2.38. The van der Waals surface area contributed by atoms with Gasteiger partial charge in [-0.05, 0) is 64.4 Å². The van der Waals surface area contributed by atoms with Crippen LogP contribution in [0.4, 0.5) is 5.00 Å². The Morgan fingerprint density at radius 1 is 0.935 bits per heavy atom. The maximum Gasteiger partial charge on any atom is 0.307 e. The Hall–Kier alpha value is -2.15. The smallest absolute Gasteiger partial charge is 0.307 e. The number of carboxylic acid groups (broad SMARTS) is 1. The second kappa shape index (κ2) is 9.15. The second-order valence-corrected chi connectivity index (χ2v) is 10.5. The van der Waals surface area contributed by atoms with Crippen molar-refractivity contribution < 1.29 is 19.5 Å². The Morgan fingerprint density at radius 3 is 2.29 bits per heavy atom. The van der Waals surface area contributed by atoms with E-state index in [4.69, 9.17) is 0 Å². The maximum atomic E-state index is 13.2. The van der Waals surface area contributed by atoms with E-state index in [2.05, 4.69) is 10.6 Å². The Morgan fingerprint density at radius 2 is 1.61 bits per heavy atom. The minimum atomic E-state index is -0.934. The van der Waals surface area contributed by atoms with Crippen LogP contribution in [0.3, 0.4) is 0 Å². The summed E-state index contributed by atoms with van der Waals surface area (Å²) in [6, 6.07) is 0.201. The third-order valence-electron chi connectivity index (χ3n) is 7.25. The number of aryl methyl sites for hydroxylation is 1. The first-order chi connectivity index (χ1) is 14.8. The Balaban J connectivity index is 1.56. The number of amides is 2. The summed E-state index contributed by atoms with van der Waals surface area (Å²) in [4.78, 5) is 39.4. The van der Waals surface area contributed by atoms with Gasteiger partial charge in [-0.25, -0.2) is 0 Å². The summed E-state index contributed by atoms with van der Waals surface area (Å²) in [5.74, 6) is -2.66. The molecule has 0 unspecified atom stereocenters. The normalized spacial score (nSPS) is 24.1. The number of carbonyl (C=O) groups excluding carboxylic acids is 2. The fourth-order valence-corrected chi connectivity index (χ4v) is 6.56. The second-order valence-electron chi connectivity index (χ2n) is 9.38. The Kier molecular flexibility index (Phi) is 6.51. The van der Waals surface area contributed by atoms with Crippen LogP contribution in [0.2, 0.25) is 0 Å². The monoisotopic (exact) mass is 444 g/mol. The van der Waals surface area contributed by atoms with Crippen LogP contribution in [0.15, 0.2) is 11.1 Å². The minimum absolute atomic E-state index is 0.0908. The standard InChI is InChI=1S/C24H32N2O4S/c1-13-11-17(18(24(29)30)12-14(13)2)21(27)26-23-20(16-9-6-10-19(16)31-23)22(28)25-15-7-4-3-5-8-15/h15,17-18H,3-12H2,1-2H3,(H,25,28)(H,26,27)(H,29,30)/t17-,18+/m0/s1. The first kappa shape index (κ1) is 22.1. The molecule has 7 heteroatoms. The molecule has 1 fully saturated rings. The number of allylic oxidation sites excluding steroid dienone is 2. The van der Waals surface area contributed by atoms with E-state index in [-0.39, 0.29) is 17.9 Å². The summed E-state index contributed by atoms with van der Waals surface area (Å²) in [6.07, 6.45) is 9.19. The van der Waals surface area contributed by atoms with Crippen molar-refractivity contribution in [2.24, 2.45) is 11.8 Å². The number of carboxylic acids is 1. The summed E-state index contributed by atoms with van der Waals surface area (Å²) >= 11 is 1.49. The zero-order valence-corrected chi connectivity index (χ0v) is 19.2. The third kappa shape index (κ3) is 4.56. The molecule has 0 spiro atoms. The van der Waals surface area contributed by atoms with Gasteiger partial charge in [-0.1, -0.05) is 30.4 Å². The van der Waals surface area contributed by atoms with Crippen molar-refractivity contribution in [3.8, 4) is 0 Å². The van der Waals surface area contributed by atoms with Crippen LogP contribution in [0.25, 0.3) is 0 Å². The third-order valence-corrected chi connectivity index (χ3v) is 8.45. The molecule has 31 heavy (non-hydrogen) atoms. The van der Waals surface area contributed by atoms with Crippen LogP contribution in [0, 0.1) is 11.8 Å². The van der Waals surface area contributed by atoms with E-state index in [1.165, 1.54) is 22.6 Å². The number of carbonyl (C=O) groups is 3. The molecule has 0 saturated heterocycles. The molecule has 2 atom stereocenters. The molecule has 3 aliphatic carbocycles. The summed E-state index contributed by atoms with van der Waals surface area (Å²) in [5, 5.41) is 16.5. The van der Waals surface area contributed by atoms with Gasteiger partial charge in [0.25, 0.3) is 5.91 Å². The van der Waals surface area contributed by atoms with Crippen molar-refractivity contribution in [3.63, 3.8) is 0 Å². The van der Waals surface area contributed by atoms with Gasteiger partial charge in [0.15, 0.2) is 0 Å². The molecule has 1 heterocycles. The van der Waals surface area contributed by atoms with Crippen LogP contribution < -0.4 is 10.6 Å². The molecular weight excluding hydrogens is 412 g/mol. The van der Waals surface area contributed by atoms with E-state index in [0.717, 1.165) is 61.7 Å². The van der Waals surface area contributed by atoms with Crippen molar-refractivity contribution in [1.29, 1.82) is 0 Å². The number of nitrogens with one attached hydrogen (secondary N) is 2. The molecule has 1 aromatic rings. The predicted octanol–water partition coefficient (Wildman–Crippen LogP) is 4.69. The number of anilines is 1. The molecule has 6 nitrogen and oxygen atoms in total. The highest BCUT2D eigenvalue weighted by atomic mass is 32.1. The zero-order valence-electron chi connectivity index (χ0n) is 18.4. The molecule has 0 aliphatic heterocycles. The summed E-state index contributed by atoms with van der Waals surface area (Å²) < 4.78 is 0. The molecule has 0 aromatic carbocycles. The van der Waals surface area contributed by atoms with Gasteiger partial charge in [0.05, 0.1) is 17.4 Å². The summed E-state index contributed by atoms with van der Waals surface area (Å²) in [5.41, 5.74) is 3.82. The average molecular weight is 445 g/mol. The van der Waals surface area contributed by atoms with Crippen molar-refractivity contribution in [3.05, 3.63) is 27.2 Å². The largest absolute Gasteiger partial charge is 0.481 e. The number of hydrogen-bond donors (Lipinski definition) is 3. The predicted molar refractivity (Wildman–Crippen MR) is 122 cm³/mol. The maximum absolute atomic E-state index is 13.2. The fourth-order valence-electron chi connectivity index (χ4n) is 5.27. The molecule has 3 N–H and O–H groups in total. The Bertz CT molecular complexity index is 926. The highest BCUT2D eigenvalue weighted by molar-refractivity contribution is 7.17. The van der Waals surface area contributed by atoms with E-state index in [1.54, 1.807) is 0 Å². The zero-order chi connectivity index (χ0) is 22.1. The van der Waals surface area contributed by atoms with Crippen molar-refractivity contribution >= 4 is 34.1 Å². The van der Waals surface area contributed by atoms with E-state index >= 15 is 0 Å². The molecule has 0 bridgehead atoms. The van der Waals surface area contributed by atoms with Gasteiger partial charge in [0, 0.05) is 10.9 Å². The van der Waals surface area contributed by atoms with E-state index in [9.17, 15) is 19.5 Å². The molecule has 3 aliphatic rings. The van der Waals surface area contributed by atoms with Crippen molar-refractivity contribution in [2.75, 3.05) is 5.32 Å². The molecule has 4 rings (SSSR count). The number of aliphatic carboxylic acids is 1. The molecular formula is C24H32N2O4S. The SMILES string of the molecule is CC1=C(C)C[C@@H](C(=O)O)[C@@H](C(=O)Nc2sc3c(c2C(=O)NC2CCCCC2)CCC3)C1. The van der Waals surface area contributed by atoms with Gasteiger partial charge in [-0.2, -0.15) is 0 Å². The lowest BCUT2D eigenvalue weighted by atomic mass is 9.76. The Labute approximate surface area is 187 Å². The van der Waals surface area contributed by atoms with E-state index in [0.29, 0.717) is 23.4 Å². The highest BCUT2D eigenvalue weighted by Crippen LogP contribution is 2.41. The first-order valence-corrected chi connectivity index (χ1v) is 12.3. The van der Waals surface area contributed by atoms with E-state index in [1.807, 2.05) is 13.8 Å².